The average Bonchev–Trinajstić information content (AvgIpc) is 2.29. The fourth-order valence-corrected chi connectivity index (χ4v) is 2.05. The van der Waals surface area contributed by atoms with Gasteiger partial charge in [-0.25, -0.2) is 0 Å². The molecule has 1 aliphatic heterocycles. The third kappa shape index (κ3) is 4.28. The van der Waals surface area contributed by atoms with Gasteiger partial charge in [-0.15, -0.1) is 0 Å². The number of likely N-dealkylation sites (N-methyl/N-ethyl adjacent to an activating group) is 1. The van der Waals surface area contributed by atoms with E-state index in [4.69, 9.17) is 0 Å². The standard InChI is InChI=1S/C13H27N3O/c1-11(2)16(4)10-9-14-12(17)13(3)7-5-6-8-15-13/h11,15H,5-10H2,1-4H3,(H,14,17). The van der Waals surface area contributed by atoms with Gasteiger partial charge in [-0.05, 0) is 53.6 Å². The number of amides is 1. The van der Waals surface area contributed by atoms with E-state index in [9.17, 15) is 4.79 Å². The quantitative estimate of drug-likeness (QED) is 0.754. The van der Waals surface area contributed by atoms with Crippen LogP contribution in [0.1, 0.15) is 40.0 Å². The largest absolute Gasteiger partial charge is 0.353 e. The smallest absolute Gasteiger partial charge is 0.240 e. The molecule has 1 atom stereocenters. The SMILES string of the molecule is CC(C)N(C)CCNC(=O)C1(C)CCCCN1. The molecule has 0 aromatic rings. The van der Waals surface area contributed by atoms with Crippen molar-refractivity contribution in [3.05, 3.63) is 0 Å². The summed E-state index contributed by atoms with van der Waals surface area (Å²) in [5.74, 6) is 0.148. The Labute approximate surface area is 105 Å². The maximum absolute atomic E-state index is 12.1. The first-order chi connectivity index (χ1) is 7.96. The second-order valence-corrected chi connectivity index (χ2v) is 5.55. The van der Waals surface area contributed by atoms with E-state index in [-0.39, 0.29) is 11.4 Å². The highest BCUT2D eigenvalue weighted by molar-refractivity contribution is 5.85. The van der Waals surface area contributed by atoms with Crippen LogP contribution in [0.5, 0.6) is 0 Å². The van der Waals surface area contributed by atoms with Gasteiger partial charge in [-0.1, -0.05) is 0 Å². The molecule has 0 spiro atoms. The van der Waals surface area contributed by atoms with Crippen molar-refractivity contribution in [2.24, 2.45) is 0 Å². The van der Waals surface area contributed by atoms with Gasteiger partial charge >= 0.3 is 0 Å². The van der Waals surface area contributed by atoms with Crippen LogP contribution in [-0.2, 0) is 4.79 Å². The van der Waals surface area contributed by atoms with Crippen molar-refractivity contribution in [1.82, 2.24) is 15.5 Å². The molecule has 100 valence electrons. The van der Waals surface area contributed by atoms with Crippen molar-refractivity contribution in [2.45, 2.75) is 51.6 Å². The first-order valence-electron chi connectivity index (χ1n) is 6.69. The fraction of sp³-hybridized carbons (Fsp3) is 0.923. The predicted molar refractivity (Wildman–Crippen MR) is 71.0 cm³/mol. The van der Waals surface area contributed by atoms with Crippen molar-refractivity contribution >= 4 is 5.91 Å². The number of hydrogen-bond donors (Lipinski definition) is 2. The highest BCUT2D eigenvalue weighted by Crippen LogP contribution is 2.18. The Kier molecular flexibility index (Phi) is 5.40. The number of carbonyl (C=O) groups is 1. The zero-order chi connectivity index (χ0) is 12.9. The number of carbonyl (C=O) groups excluding carboxylic acids is 1. The van der Waals surface area contributed by atoms with Crippen LogP contribution >= 0.6 is 0 Å². The lowest BCUT2D eigenvalue weighted by atomic mass is 9.90. The summed E-state index contributed by atoms with van der Waals surface area (Å²) in [5.41, 5.74) is -0.353. The van der Waals surface area contributed by atoms with Gasteiger partial charge in [0.05, 0.1) is 5.54 Å². The molecule has 1 heterocycles. The Morgan fingerprint density at radius 1 is 1.47 bits per heavy atom. The molecule has 0 bridgehead atoms. The van der Waals surface area contributed by atoms with Gasteiger partial charge in [0, 0.05) is 19.1 Å². The van der Waals surface area contributed by atoms with Crippen molar-refractivity contribution in [1.29, 1.82) is 0 Å². The van der Waals surface area contributed by atoms with Crippen molar-refractivity contribution < 1.29 is 4.79 Å². The van der Waals surface area contributed by atoms with Crippen molar-refractivity contribution in [3.8, 4) is 0 Å². The number of nitrogens with zero attached hydrogens (tertiary/aromatic N) is 1. The molecule has 0 radical (unpaired) electrons. The number of rotatable bonds is 5. The van der Waals surface area contributed by atoms with Crippen LogP contribution in [0, 0.1) is 0 Å². The minimum Gasteiger partial charge on any atom is -0.353 e. The zero-order valence-electron chi connectivity index (χ0n) is 11.7. The third-order valence-electron chi connectivity index (χ3n) is 3.75. The molecule has 1 unspecified atom stereocenters. The monoisotopic (exact) mass is 241 g/mol. The highest BCUT2D eigenvalue weighted by atomic mass is 16.2. The van der Waals surface area contributed by atoms with E-state index in [0.717, 1.165) is 32.5 Å². The van der Waals surface area contributed by atoms with Crippen LogP contribution < -0.4 is 10.6 Å². The van der Waals surface area contributed by atoms with E-state index < -0.39 is 0 Å². The first kappa shape index (κ1) is 14.5. The molecular formula is C13H27N3O. The molecule has 0 aromatic heterocycles. The molecule has 0 aromatic carbocycles. The van der Waals surface area contributed by atoms with E-state index in [1.54, 1.807) is 0 Å². The predicted octanol–water partition coefficient (Wildman–Crippen LogP) is 0.975. The second-order valence-electron chi connectivity index (χ2n) is 5.55. The van der Waals surface area contributed by atoms with Gasteiger partial charge in [0.15, 0.2) is 0 Å². The zero-order valence-corrected chi connectivity index (χ0v) is 11.7. The van der Waals surface area contributed by atoms with Crippen LogP contribution in [0.25, 0.3) is 0 Å². The van der Waals surface area contributed by atoms with E-state index in [0.29, 0.717) is 6.04 Å². The normalized spacial score (nSPS) is 25.3. The number of hydrogen-bond acceptors (Lipinski definition) is 3. The summed E-state index contributed by atoms with van der Waals surface area (Å²) in [6.07, 6.45) is 3.26. The summed E-state index contributed by atoms with van der Waals surface area (Å²) in [4.78, 5) is 14.3. The molecule has 4 heteroatoms. The van der Waals surface area contributed by atoms with Crippen LogP contribution in [0.3, 0.4) is 0 Å². The fourth-order valence-electron chi connectivity index (χ4n) is 2.05. The van der Waals surface area contributed by atoms with E-state index in [1.807, 2.05) is 6.92 Å². The molecule has 0 aliphatic carbocycles. The Hall–Kier alpha value is -0.610. The number of nitrogens with one attached hydrogen (secondary N) is 2. The van der Waals surface area contributed by atoms with Crippen molar-refractivity contribution in [2.75, 3.05) is 26.7 Å². The molecule has 2 N–H and O–H groups in total. The lowest BCUT2D eigenvalue weighted by Crippen LogP contribution is -2.57. The van der Waals surface area contributed by atoms with Crippen LogP contribution in [0.2, 0.25) is 0 Å². The summed E-state index contributed by atoms with van der Waals surface area (Å²) < 4.78 is 0. The van der Waals surface area contributed by atoms with Gasteiger partial charge in [-0.2, -0.15) is 0 Å². The summed E-state index contributed by atoms with van der Waals surface area (Å²) in [6.45, 7) is 8.91. The van der Waals surface area contributed by atoms with Crippen LogP contribution in [-0.4, -0.2) is 49.1 Å². The molecule has 0 saturated carbocycles. The molecule has 1 rings (SSSR count). The lowest BCUT2D eigenvalue weighted by molar-refractivity contribution is -0.128. The lowest BCUT2D eigenvalue weighted by Gasteiger charge is -2.33. The second kappa shape index (κ2) is 6.36. The summed E-state index contributed by atoms with van der Waals surface area (Å²) >= 11 is 0. The first-order valence-corrected chi connectivity index (χ1v) is 6.69. The molecule has 1 amide bonds. The maximum atomic E-state index is 12.1. The molecule has 1 fully saturated rings. The minimum absolute atomic E-state index is 0.148. The third-order valence-corrected chi connectivity index (χ3v) is 3.75. The van der Waals surface area contributed by atoms with Gasteiger partial charge in [0.25, 0.3) is 0 Å². The minimum atomic E-state index is -0.353. The Balaban J connectivity index is 2.29. The molecular weight excluding hydrogens is 214 g/mol. The Morgan fingerprint density at radius 2 is 2.18 bits per heavy atom. The summed E-state index contributed by atoms with van der Waals surface area (Å²) in [5, 5.41) is 6.37. The highest BCUT2D eigenvalue weighted by Gasteiger charge is 2.33. The van der Waals surface area contributed by atoms with Gasteiger partial charge in [0.1, 0.15) is 0 Å². The maximum Gasteiger partial charge on any atom is 0.240 e. The van der Waals surface area contributed by atoms with E-state index >= 15 is 0 Å². The Morgan fingerprint density at radius 3 is 2.71 bits per heavy atom. The summed E-state index contributed by atoms with van der Waals surface area (Å²) in [6, 6.07) is 0.523. The van der Waals surface area contributed by atoms with E-state index in [2.05, 4.69) is 36.4 Å². The molecule has 1 saturated heterocycles. The van der Waals surface area contributed by atoms with Gasteiger partial charge in [0.2, 0.25) is 5.91 Å². The molecule has 1 aliphatic rings. The topological polar surface area (TPSA) is 44.4 Å². The van der Waals surface area contributed by atoms with Crippen molar-refractivity contribution in [3.63, 3.8) is 0 Å². The van der Waals surface area contributed by atoms with Crippen LogP contribution in [0.4, 0.5) is 0 Å². The van der Waals surface area contributed by atoms with Gasteiger partial charge in [-0.3, -0.25) is 4.79 Å². The van der Waals surface area contributed by atoms with E-state index in [1.165, 1.54) is 6.42 Å². The molecule has 17 heavy (non-hydrogen) atoms. The van der Waals surface area contributed by atoms with Crippen LogP contribution in [0.15, 0.2) is 0 Å². The average molecular weight is 241 g/mol. The number of piperidine rings is 1. The Bertz CT molecular complexity index is 247. The van der Waals surface area contributed by atoms with Gasteiger partial charge < -0.3 is 15.5 Å². The summed E-state index contributed by atoms with van der Waals surface area (Å²) in [7, 11) is 2.08. The molecule has 4 nitrogen and oxygen atoms in total.